The van der Waals surface area contributed by atoms with Gasteiger partial charge in [0.15, 0.2) is 0 Å². The van der Waals surface area contributed by atoms with Gasteiger partial charge in [0.2, 0.25) is 0 Å². The Morgan fingerprint density at radius 3 is 2.52 bits per heavy atom. The highest BCUT2D eigenvalue weighted by Crippen LogP contribution is 2.22. The first kappa shape index (κ1) is 18.6. The number of nitrogens with one attached hydrogen (secondary N) is 2. The van der Waals surface area contributed by atoms with Crippen molar-refractivity contribution in [2.24, 2.45) is 0 Å². The number of rotatable bonds is 6. The minimum atomic E-state index is -0.921. The van der Waals surface area contributed by atoms with Gasteiger partial charge in [0, 0.05) is 0 Å². The van der Waals surface area contributed by atoms with Crippen molar-refractivity contribution in [1.82, 2.24) is 5.32 Å². The number of carbonyl (C=O) groups excluding carboxylic acids is 3. The fourth-order valence-corrected chi connectivity index (χ4v) is 2.91. The second kappa shape index (κ2) is 8.95. The van der Waals surface area contributed by atoms with Gasteiger partial charge in [0.05, 0.1) is 25.4 Å². The molecule has 0 bridgehead atoms. The van der Waals surface area contributed by atoms with E-state index in [1.807, 2.05) is 30.3 Å². The first-order valence-electron chi connectivity index (χ1n) is 7.47. The Labute approximate surface area is 148 Å². The van der Waals surface area contributed by atoms with Crippen LogP contribution in [0, 0.1) is 0 Å². The van der Waals surface area contributed by atoms with E-state index in [0.717, 1.165) is 16.9 Å². The maximum absolute atomic E-state index is 12.0. The van der Waals surface area contributed by atoms with Gasteiger partial charge in [0.1, 0.15) is 4.88 Å². The number of amides is 2. The van der Waals surface area contributed by atoms with Crippen LogP contribution in [0.15, 0.2) is 41.8 Å². The minimum Gasteiger partial charge on any atom is -0.465 e. The van der Waals surface area contributed by atoms with Crippen LogP contribution in [0.4, 0.5) is 5.69 Å². The van der Waals surface area contributed by atoms with Crippen LogP contribution >= 0.6 is 11.3 Å². The summed E-state index contributed by atoms with van der Waals surface area (Å²) >= 11 is 1.10. The topological polar surface area (TPSA) is 105 Å². The molecule has 25 heavy (non-hydrogen) atoms. The average Bonchev–Trinajstić information content (AvgIpc) is 3.09. The number of carbonyl (C=O) groups is 3. The number of methoxy groups -OCH3 is 1. The molecule has 0 unspecified atom stereocenters. The van der Waals surface area contributed by atoms with Gasteiger partial charge >= 0.3 is 17.8 Å². The molecule has 0 aliphatic carbocycles. The second-order valence-electron chi connectivity index (χ2n) is 5.15. The summed E-state index contributed by atoms with van der Waals surface area (Å²) in [7, 11) is 1.23. The number of aliphatic hydroxyl groups excluding tert-OH is 1. The van der Waals surface area contributed by atoms with Gasteiger partial charge in [-0.25, -0.2) is 4.79 Å². The summed E-state index contributed by atoms with van der Waals surface area (Å²) in [6.07, 6.45) is 0.391. The Bertz CT molecular complexity index is 745. The van der Waals surface area contributed by atoms with Crippen LogP contribution in [-0.4, -0.2) is 42.6 Å². The summed E-state index contributed by atoms with van der Waals surface area (Å²) in [5.74, 6) is -2.41. The zero-order chi connectivity index (χ0) is 18.2. The van der Waals surface area contributed by atoms with E-state index in [9.17, 15) is 19.5 Å². The summed E-state index contributed by atoms with van der Waals surface area (Å²) in [5.41, 5.74) is 1.13. The Morgan fingerprint density at radius 1 is 1.16 bits per heavy atom. The summed E-state index contributed by atoms with van der Waals surface area (Å²) in [6.45, 7) is -0.306. The second-order valence-corrected chi connectivity index (χ2v) is 6.07. The molecular formula is C17H18N2O5S. The molecule has 0 saturated carbocycles. The maximum Gasteiger partial charge on any atom is 0.350 e. The van der Waals surface area contributed by atoms with Gasteiger partial charge in [-0.05, 0) is 23.4 Å². The van der Waals surface area contributed by atoms with Gasteiger partial charge < -0.3 is 20.5 Å². The molecule has 8 heteroatoms. The van der Waals surface area contributed by atoms with Crippen molar-refractivity contribution >= 4 is 34.8 Å². The van der Waals surface area contributed by atoms with Crippen LogP contribution in [0.25, 0.3) is 0 Å². The molecule has 1 heterocycles. The normalized spacial score (nSPS) is 11.4. The number of benzene rings is 1. The van der Waals surface area contributed by atoms with E-state index in [1.54, 1.807) is 5.38 Å². The molecule has 132 valence electrons. The van der Waals surface area contributed by atoms with Gasteiger partial charge in [-0.3, -0.25) is 9.59 Å². The van der Waals surface area contributed by atoms with Gasteiger partial charge in [-0.1, -0.05) is 30.3 Å². The molecule has 3 N–H and O–H groups in total. The van der Waals surface area contributed by atoms with E-state index in [-0.39, 0.29) is 17.2 Å². The predicted molar refractivity (Wildman–Crippen MR) is 93.5 cm³/mol. The first-order chi connectivity index (χ1) is 12.0. The van der Waals surface area contributed by atoms with Gasteiger partial charge in [-0.2, -0.15) is 0 Å². The third-order valence-corrected chi connectivity index (χ3v) is 4.27. The SMILES string of the molecule is COC(=O)c1sccc1NC(=O)C(=O)N[C@H](CO)Cc1ccccc1. The highest BCUT2D eigenvalue weighted by atomic mass is 32.1. The summed E-state index contributed by atoms with van der Waals surface area (Å²) < 4.78 is 4.61. The lowest BCUT2D eigenvalue weighted by molar-refractivity contribution is -0.136. The van der Waals surface area contributed by atoms with Crippen molar-refractivity contribution in [3.63, 3.8) is 0 Å². The summed E-state index contributed by atoms with van der Waals surface area (Å²) in [4.78, 5) is 35.8. The quantitative estimate of drug-likeness (QED) is 0.529. The van der Waals surface area contributed by atoms with Crippen LogP contribution < -0.4 is 10.6 Å². The molecule has 0 spiro atoms. The number of aliphatic hydroxyl groups is 1. The molecule has 0 aliphatic rings. The Hall–Kier alpha value is -2.71. The number of anilines is 1. The van der Waals surface area contributed by atoms with Crippen LogP contribution in [0.2, 0.25) is 0 Å². The Kier molecular flexibility index (Phi) is 6.67. The highest BCUT2D eigenvalue weighted by molar-refractivity contribution is 7.12. The summed E-state index contributed by atoms with van der Waals surface area (Å²) in [5, 5.41) is 15.9. The van der Waals surface area contributed by atoms with E-state index in [0.29, 0.717) is 6.42 Å². The maximum atomic E-state index is 12.0. The van der Waals surface area contributed by atoms with Crippen LogP contribution in [0.5, 0.6) is 0 Å². The molecule has 7 nitrogen and oxygen atoms in total. The molecule has 0 aliphatic heterocycles. The number of ether oxygens (including phenoxy) is 1. The minimum absolute atomic E-state index is 0.201. The average molecular weight is 362 g/mol. The highest BCUT2D eigenvalue weighted by Gasteiger charge is 2.21. The third kappa shape index (κ3) is 5.13. The number of hydrogen-bond donors (Lipinski definition) is 3. The smallest absolute Gasteiger partial charge is 0.350 e. The lowest BCUT2D eigenvalue weighted by atomic mass is 10.1. The molecule has 1 atom stereocenters. The van der Waals surface area contributed by atoms with Gasteiger partial charge in [0.25, 0.3) is 0 Å². The Morgan fingerprint density at radius 2 is 1.88 bits per heavy atom. The standard InChI is InChI=1S/C17H18N2O5S/c1-24-17(23)14-13(7-8-25-14)19-16(22)15(21)18-12(10-20)9-11-5-3-2-4-6-11/h2-8,12,20H,9-10H2,1H3,(H,18,21)(H,19,22)/t12-/m0/s1. The third-order valence-electron chi connectivity index (χ3n) is 3.37. The van der Waals surface area contributed by atoms with Crippen molar-refractivity contribution in [2.45, 2.75) is 12.5 Å². The molecule has 1 aromatic heterocycles. The monoisotopic (exact) mass is 362 g/mol. The fraction of sp³-hybridized carbons (Fsp3) is 0.235. The number of thiophene rings is 1. The fourth-order valence-electron chi connectivity index (χ4n) is 2.15. The zero-order valence-corrected chi connectivity index (χ0v) is 14.3. The van der Waals surface area contributed by atoms with Crippen molar-refractivity contribution in [2.75, 3.05) is 19.0 Å². The Balaban J connectivity index is 1.96. The summed E-state index contributed by atoms with van der Waals surface area (Å²) in [6, 6.07) is 10.2. The van der Waals surface area contributed by atoms with E-state index < -0.39 is 23.8 Å². The van der Waals surface area contributed by atoms with E-state index in [2.05, 4.69) is 15.4 Å². The predicted octanol–water partition coefficient (Wildman–Crippen LogP) is 1.19. The van der Waals surface area contributed by atoms with Crippen LogP contribution in [0.1, 0.15) is 15.2 Å². The van der Waals surface area contributed by atoms with Crippen LogP contribution in [0.3, 0.4) is 0 Å². The van der Waals surface area contributed by atoms with Crippen molar-refractivity contribution < 1.29 is 24.2 Å². The van der Waals surface area contributed by atoms with Crippen molar-refractivity contribution in [1.29, 1.82) is 0 Å². The molecular weight excluding hydrogens is 344 g/mol. The number of hydrogen-bond acceptors (Lipinski definition) is 6. The molecule has 2 amide bonds. The molecule has 1 aromatic carbocycles. The van der Waals surface area contributed by atoms with Crippen molar-refractivity contribution in [3.05, 3.63) is 52.2 Å². The number of esters is 1. The largest absolute Gasteiger partial charge is 0.465 e. The van der Waals surface area contributed by atoms with E-state index in [1.165, 1.54) is 13.2 Å². The van der Waals surface area contributed by atoms with E-state index >= 15 is 0 Å². The van der Waals surface area contributed by atoms with Gasteiger partial charge in [-0.15, -0.1) is 11.3 Å². The lowest BCUT2D eigenvalue weighted by Gasteiger charge is -2.16. The molecule has 2 aromatic rings. The first-order valence-corrected chi connectivity index (χ1v) is 8.35. The van der Waals surface area contributed by atoms with Crippen molar-refractivity contribution in [3.8, 4) is 0 Å². The molecule has 0 fully saturated rings. The molecule has 2 rings (SSSR count). The zero-order valence-electron chi connectivity index (χ0n) is 13.5. The lowest BCUT2D eigenvalue weighted by Crippen LogP contribution is -2.44. The van der Waals surface area contributed by atoms with E-state index in [4.69, 9.17) is 0 Å². The molecule has 0 radical (unpaired) electrons. The van der Waals surface area contributed by atoms with Crippen LogP contribution in [-0.2, 0) is 20.7 Å². The molecule has 0 saturated heterocycles.